The molecule has 0 spiro atoms. The smallest absolute Gasteiger partial charge is 0.271 e. The van der Waals surface area contributed by atoms with Crippen molar-refractivity contribution < 1.29 is 28.8 Å². The Morgan fingerprint density at radius 1 is 0.400 bits per heavy atom. The first-order valence-corrected chi connectivity index (χ1v) is 25.5. The van der Waals surface area contributed by atoms with Gasteiger partial charge in [0.15, 0.2) is 0 Å². The van der Waals surface area contributed by atoms with E-state index in [1.165, 1.54) is 60.1 Å². The minimum atomic E-state index is -0.289. The normalized spacial score (nSPS) is 16.6. The van der Waals surface area contributed by atoms with Crippen molar-refractivity contribution in [3.8, 4) is 0 Å². The second kappa shape index (κ2) is 29.3. The van der Waals surface area contributed by atoms with Crippen molar-refractivity contribution in [1.82, 2.24) is 29.9 Å². The molecule has 6 aromatic heterocycles. The number of anilines is 6. The van der Waals surface area contributed by atoms with Crippen molar-refractivity contribution >= 4 is 69.6 Å². The number of aryl methyl sites for hydroxylation is 5. The number of rotatable bonds is 7. The molecule has 4 fully saturated rings. The number of pyridine rings is 6. The molecule has 4 aliphatic rings. The molecule has 10 rings (SSSR count). The Labute approximate surface area is 459 Å². The highest BCUT2D eigenvalue weighted by Crippen LogP contribution is 2.60. The molecule has 0 aliphatic heterocycles. The fourth-order valence-corrected chi connectivity index (χ4v) is 9.57. The summed E-state index contributed by atoms with van der Waals surface area (Å²) in [5.74, 6) is 1.06. The number of carbonyl (C=O) groups is 6. The summed E-state index contributed by atoms with van der Waals surface area (Å²) in [4.78, 5) is 148. The van der Waals surface area contributed by atoms with Crippen molar-refractivity contribution in [3.63, 3.8) is 0 Å². The van der Waals surface area contributed by atoms with Gasteiger partial charge in [-0.2, -0.15) is 0 Å². The molecule has 6 heterocycles. The average Bonchev–Trinajstić information content (AvgIpc) is 3.42. The average molecular weight is 1100 g/mol. The van der Waals surface area contributed by atoms with Crippen LogP contribution in [0.4, 0.5) is 34.1 Å². The number of carbonyl (C=O) groups excluding carboxylic acids is 6. The number of hydrogen-bond donors (Lipinski definition) is 12. The Kier molecular flexibility index (Phi) is 23.1. The highest BCUT2D eigenvalue weighted by atomic mass is 16.2. The zero-order chi connectivity index (χ0) is 59.4. The number of amides is 6. The topological polar surface area (TPSA) is 372 Å². The van der Waals surface area contributed by atoms with E-state index >= 15 is 0 Å². The number of aromatic nitrogens is 6. The van der Waals surface area contributed by atoms with Crippen LogP contribution in [0.3, 0.4) is 0 Å². The van der Waals surface area contributed by atoms with Gasteiger partial charge in [0.25, 0.3) is 33.4 Å². The number of aromatic amines is 6. The van der Waals surface area contributed by atoms with Crippen molar-refractivity contribution in [3.05, 3.63) is 170 Å². The lowest BCUT2D eigenvalue weighted by atomic mass is 9.49. The van der Waals surface area contributed by atoms with Crippen molar-refractivity contribution in [2.75, 3.05) is 31.9 Å². The van der Waals surface area contributed by atoms with Crippen LogP contribution >= 0.6 is 0 Å². The van der Waals surface area contributed by atoms with Crippen LogP contribution in [0.2, 0.25) is 0 Å². The quantitative estimate of drug-likeness (QED) is 0.0911. The molecule has 4 bridgehead atoms. The lowest BCUT2D eigenvalue weighted by Crippen LogP contribution is -2.52. The van der Waals surface area contributed by atoms with E-state index in [0.717, 1.165) is 64.8 Å². The molecular weight excluding hydrogens is 1030 g/mol. The van der Waals surface area contributed by atoms with E-state index in [4.69, 9.17) is 0 Å². The monoisotopic (exact) mass is 1100 g/mol. The SMILES string of the molecule is CC(=O)Nc1c(C)cc[nH]c1=O.CC(=O)Nc1cc(C)c[nH]c1=O.CC(=O)Nc1cc(C)c[nH]c1=O.CC(=O)Nc1cc(C)c[nH]c1=O.CC(=O)Nc1ccc[nH]c1=O.Cc1c[nH]c(=O)c(NC(=O)C23CC4CC(CC(C4)C2)C3)c1. The molecule has 0 atom stereocenters. The summed E-state index contributed by atoms with van der Waals surface area (Å²) < 4.78 is 0. The summed E-state index contributed by atoms with van der Waals surface area (Å²) in [6.07, 6.45) is 16.5. The van der Waals surface area contributed by atoms with Gasteiger partial charge in [-0.15, -0.1) is 0 Å². The Balaban J connectivity index is 0.000000211. The van der Waals surface area contributed by atoms with Crippen molar-refractivity contribution in [2.24, 2.45) is 23.2 Å². The van der Waals surface area contributed by atoms with E-state index in [1.807, 2.05) is 27.7 Å². The zero-order valence-corrected chi connectivity index (χ0v) is 46.4. The molecule has 24 nitrogen and oxygen atoms in total. The van der Waals surface area contributed by atoms with Gasteiger partial charge in [-0.25, -0.2) is 0 Å². The third-order valence-electron chi connectivity index (χ3n) is 12.5. The van der Waals surface area contributed by atoms with Gasteiger partial charge in [-0.05, 0) is 161 Å². The van der Waals surface area contributed by atoms with E-state index in [9.17, 15) is 57.5 Å². The summed E-state index contributed by atoms with van der Waals surface area (Å²) in [5, 5.41) is 15.1. The molecule has 24 heteroatoms. The van der Waals surface area contributed by atoms with Gasteiger partial charge in [0.05, 0.1) is 5.41 Å². The first-order valence-electron chi connectivity index (χ1n) is 25.5. The predicted octanol–water partition coefficient (Wildman–Crippen LogP) is 5.74. The van der Waals surface area contributed by atoms with E-state index in [1.54, 1.807) is 80.4 Å². The summed E-state index contributed by atoms with van der Waals surface area (Å²) in [6.45, 7) is 16.0. The summed E-state index contributed by atoms with van der Waals surface area (Å²) in [6, 6.07) is 11.6. The maximum Gasteiger partial charge on any atom is 0.271 e. The van der Waals surface area contributed by atoms with E-state index < -0.39 is 0 Å². The maximum atomic E-state index is 12.9. The van der Waals surface area contributed by atoms with E-state index in [-0.39, 0.29) is 79.9 Å². The Hall–Kier alpha value is -9.48. The van der Waals surface area contributed by atoms with Gasteiger partial charge >= 0.3 is 0 Å². The van der Waals surface area contributed by atoms with Crippen LogP contribution in [0.1, 0.15) is 101 Å². The standard InChI is InChI=1S/C17H22N2O2.4C8H10N2O2.C7H8N2O2/c1-10-2-14(15(20)18-9-10)19-16(21)17-6-11-3-12(7-17)5-13(4-11)8-17;3*1-5-3-7(10-6(2)11)8(12)9-4-5;1-5-3-4-9-8(12)7(5)10-6(2)11;1-5(10)9-6-3-2-4-8-7(6)11/h2,9,11-13H,3-8H2,1H3,(H,18,20)(H,19,21);4*3-4H,1-2H3,(H,9,12)(H,10,11);2-4H,1H3,(H,8,11)(H,9,10). The fraction of sp³-hybridized carbons (Fsp3) is 0.357. The van der Waals surface area contributed by atoms with Crippen LogP contribution in [-0.4, -0.2) is 65.3 Å². The second-order valence-electron chi connectivity index (χ2n) is 20.0. The van der Waals surface area contributed by atoms with Crippen LogP contribution in [0.5, 0.6) is 0 Å². The molecule has 0 unspecified atom stereocenters. The van der Waals surface area contributed by atoms with Gasteiger partial charge in [-0.1, -0.05) is 0 Å². The first kappa shape index (κ1) is 63.1. The maximum absolute atomic E-state index is 12.9. The Morgan fingerprint density at radius 2 is 0.713 bits per heavy atom. The third-order valence-corrected chi connectivity index (χ3v) is 12.5. The molecule has 0 radical (unpaired) electrons. The third kappa shape index (κ3) is 20.1. The van der Waals surface area contributed by atoms with Gasteiger partial charge in [0.1, 0.15) is 34.1 Å². The van der Waals surface area contributed by atoms with Crippen molar-refractivity contribution in [2.45, 2.75) is 108 Å². The molecule has 0 aromatic carbocycles. The molecule has 6 amide bonds. The Morgan fingerprint density at radius 3 is 1.04 bits per heavy atom. The first-order chi connectivity index (χ1) is 37.6. The highest BCUT2D eigenvalue weighted by molar-refractivity contribution is 5.96. The summed E-state index contributed by atoms with van der Waals surface area (Å²) >= 11 is 0. The lowest BCUT2D eigenvalue weighted by molar-refractivity contribution is -0.140. The molecule has 12 N–H and O–H groups in total. The van der Waals surface area contributed by atoms with Gasteiger partial charge in [0.2, 0.25) is 35.4 Å². The fourth-order valence-electron chi connectivity index (χ4n) is 9.57. The van der Waals surface area contributed by atoms with Gasteiger partial charge in [-0.3, -0.25) is 57.5 Å². The lowest BCUT2D eigenvalue weighted by Gasteiger charge is -2.55. The minimum Gasteiger partial charge on any atom is -0.327 e. The van der Waals surface area contributed by atoms with Gasteiger partial charge in [0, 0.05) is 71.8 Å². The molecule has 6 aromatic rings. The van der Waals surface area contributed by atoms with Gasteiger partial charge < -0.3 is 61.8 Å². The molecule has 4 aliphatic carbocycles. The van der Waals surface area contributed by atoms with Crippen LogP contribution in [-0.2, 0) is 28.8 Å². The number of nitrogens with one attached hydrogen (secondary N) is 12. The zero-order valence-electron chi connectivity index (χ0n) is 46.4. The summed E-state index contributed by atoms with van der Waals surface area (Å²) in [5.41, 5.74) is 4.48. The number of hydrogen-bond acceptors (Lipinski definition) is 12. The second-order valence-corrected chi connectivity index (χ2v) is 20.0. The Bertz CT molecular complexity index is 3360. The molecule has 0 saturated heterocycles. The minimum absolute atomic E-state index is 0.0812. The predicted molar refractivity (Wildman–Crippen MR) is 307 cm³/mol. The van der Waals surface area contributed by atoms with Crippen LogP contribution in [0.15, 0.2) is 108 Å². The molecule has 4 saturated carbocycles. The van der Waals surface area contributed by atoms with Crippen LogP contribution < -0.4 is 65.3 Å². The van der Waals surface area contributed by atoms with E-state index in [2.05, 4.69) is 61.8 Å². The van der Waals surface area contributed by atoms with Crippen LogP contribution in [0.25, 0.3) is 0 Å². The number of H-pyrrole nitrogens is 6. The molecule has 426 valence electrons. The van der Waals surface area contributed by atoms with E-state index in [0.29, 0.717) is 28.4 Å². The largest absolute Gasteiger partial charge is 0.327 e. The molecule has 80 heavy (non-hydrogen) atoms. The van der Waals surface area contributed by atoms with Crippen molar-refractivity contribution in [1.29, 1.82) is 0 Å². The highest BCUT2D eigenvalue weighted by Gasteiger charge is 2.54. The summed E-state index contributed by atoms with van der Waals surface area (Å²) in [7, 11) is 0. The van der Waals surface area contributed by atoms with Crippen LogP contribution in [0, 0.1) is 57.8 Å². The molecular formula is C56H70N12O12.